The maximum absolute atomic E-state index is 12.7. The molecule has 22 heavy (non-hydrogen) atoms. The van der Waals surface area contributed by atoms with Gasteiger partial charge in [-0.1, -0.05) is 19.1 Å². The van der Waals surface area contributed by atoms with E-state index in [4.69, 9.17) is 4.74 Å². The molecule has 5 heteroatoms. The van der Waals surface area contributed by atoms with Crippen LogP contribution in [0.1, 0.15) is 30.6 Å². The number of ether oxygens (including phenoxy) is 1. The summed E-state index contributed by atoms with van der Waals surface area (Å²) in [7, 11) is 0. The van der Waals surface area contributed by atoms with Crippen molar-refractivity contribution in [3.63, 3.8) is 0 Å². The lowest BCUT2D eigenvalue weighted by Gasteiger charge is -2.38. The number of piperazine rings is 1. The summed E-state index contributed by atoms with van der Waals surface area (Å²) in [5.41, 5.74) is 0.631. The molecule has 1 aliphatic rings. The first-order valence-corrected chi connectivity index (χ1v) is 8.07. The van der Waals surface area contributed by atoms with Crippen molar-refractivity contribution < 1.29 is 14.6 Å². The van der Waals surface area contributed by atoms with Crippen LogP contribution in [0.4, 0.5) is 0 Å². The van der Waals surface area contributed by atoms with Crippen LogP contribution in [-0.4, -0.2) is 66.2 Å². The Bertz CT molecular complexity index is 481. The fourth-order valence-electron chi connectivity index (χ4n) is 2.89. The molecule has 1 atom stereocenters. The smallest absolute Gasteiger partial charge is 0.257 e. The van der Waals surface area contributed by atoms with E-state index in [0.717, 1.165) is 19.5 Å². The summed E-state index contributed by atoms with van der Waals surface area (Å²) >= 11 is 0. The summed E-state index contributed by atoms with van der Waals surface area (Å²) < 4.78 is 5.55. The Morgan fingerprint density at radius 2 is 1.91 bits per heavy atom. The SMILES string of the molecule is CCOc1ccccc1C(=O)N1CCN(C(CC)CO)CC1. The molecule has 0 bridgehead atoms. The monoisotopic (exact) mass is 306 g/mol. The molecule has 1 fully saturated rings. The third-order valence-electron chi connectivity index (χ3n) is 4.22. The molecular formula is C17H26N2O3. The van der Waals surface area contributed by atoms with E-state index in [1.807, 2.05) is 36.1 Å². The van der Waals surface area contributed by atoms with Gasteiger partial charge in [0, 0.05) is 32.2 Å². The van der Waals surface area contributed by atoms with E-state index >= 15 is 0 Å². The highest BCUT2D eigenvalue weighted by molar-refractivity contribution is 5.97. The lowest BCUT2D eigenvalue weighted by atomic mass is 10.1. The van der Waals surface area contributed by atoms with Gasteiger partial charge < -0.3 is 14.7 Å². The van der Waals surface area contributed by atoms with Gasteiger partial charge in [-0.3, -0.25) is 9.69 Å². The van der Waals surface area contributed by atoms with Crippen LogP contribution in [-0.2, 0) is 0 Å². The van der Waals surface area contributed by atoms with Crippen molar-refractivity contribution in [2.24, 2.45) is 0 Å². The first-order chi connectivity index (χ1) is 10.7. The molecule has 0 aromatic heterocycles. The number of nitrogens with zero attached hydrogens (tertiary/aromatic N) is 2. The zero-order chi connectivity index (χ0) is 15.9. The second kappa shape index (κ2) is 8.15. The molecule has 1 aromatic rings. The normalized spacial score (nSPS) is 17.3. The molecule has 0 radical (unpaired) electrons. The summed E-state index contributed by atoms with van der Waals surface area (Å²) in [4.78, 5) is 16.8. The number of hydrogen-bond donors (Lipinski definition) is 1. The number of aliphatic hydroxyl groups is 1. The Kier molecular flexibility index (Phi) is 6.21. The molecule has 1 saturated heterocycles. The summed E-state index contributed by atoms with van der Waals surface area (Å²) in [5, 5.41) is 9.39. The lowest BCUT2D eigenvalue weighted by Crippen LogP contribution is -2.52. The Morgan fingerprint density at radius 3 is 2.50 bits per heavy atom. The average molecular weight is 306 g/mol. The molecule has 0 saturated carbocycles. The minimum Gasteiger partial charge on any atom is -0.493 e. The van der Waals surface area contributed by atoms with E-state index in [1.165, 1.54) is 0 Å². The van der Waals surface area contributed by atoms with E-state index in [1.54, 1.807) is 0 Å². The second-order valence-electron chi connectivity index (χ2n) is 5.50. The van der Waals surface area contributed by atoms with Crippen molar-refractivity contribution in [2.45, 2.75) is 26.3 Å². The molecule has 5 nitrogen and oxygen atoms in total. The quantitative estimate of drug-likeness (QED) is 0.867. The molecule has 2 rings (SSSR count). The molecule has 1 aromatic carbocycles. The maximum Gasteiger partial charge on any atom is 0.257 e. The Hall–Kier alpha value is -1.59. The standard InChI is InChI=1S/C17H26N2O3/c1-3-14(13-20)18-9-11-19(12-10-18)17(21)15-7-5-6-8-16(15)22-4-2/h5-8,14,20H,3-4,9-13H2,1-2H3. The van der Waals surface area contributed by atoms with Gasteiger partial charge in [-0.15, -0.1) is 0 Å². The number of amides is 1. The minimum absolute atomic E-state index is 0.0285. The largest absolute Gasteiger partial charge is 0.493 e. The van der Waals surface area contributed by atoms with Gasteiger partial charge in [0.25, 0.3) is 5.91 Å². The number of carbonyl (C=O) groups is 1. The van der Waals surface area contributed by atoms with Crippen LogP contribution in [0.3, 0.4) is 0 Å². The molecule has 1 N–H and O–H groups in total. The van der Waals surface area contributed by atoms with E-state index in [2.05, 4.69) is 11.8 Å². The number of carbonyl (C=O) groups excluding carboxylic acids is 1. The lowest BCUT2D eigenvalue weighted by molar-refractivity contribution is 0.0469. The van der Waals surface area contributed by atoms with Crippen LogP contribution in [0, 0.1) is 0 Å². The van der Waals surface area contributed by atoms with Crippen molar-refractivity contribution in [1.82, 2.24) is 9.80 Å². The van der Waals surface area contributed by atoms with Crippen molar-refractivity contribution in [3.05, 3.63) is 29.8 Å². The zero-order valence-corrected chi connectivity index (χ0v) is 13.5. The Morgan fingerprint density at radius 1 is 1.23 bits per heavy atom. The summed E-state index contributed by atoms with van der Waals surface area (Å²) in [6, 6.07) is 7.61. The Labute approximate surface area is 132 Å². The molecule has 0 spiro atoms. The zero-order valence-electron chi connectivity index (χ0n) is 13.5. The van der Waals surface area contributed by atoms with Crippen LogP contribution in [0.15, 0.2) is 24.3 Å². The van der Waals surface area contributed by atoms with Crippen LogP contribution in [0.2, 0.25) is 0 Å². The fourth-order valence-corrected chi connectivity index (χ4v) is 2.89. The van der Waals surface area contributed by atoms with Gasteiger partial charge in [-0.25, -0.2) is 0 Å². The summed E-state index contributed by atoms with van der Waals surface area (Å²) in [6.45, 7) is 7.72. The van der Waals surface area contributed by atoms with Crippen LogP contribution in [0.5, 0.6) is 5.75 Å². The minimum atomic E-state index is 0.0285. The average Bonchev–Trinajstić information content (AvgIpc) is 2.57. The number of para-hydroxylation sites is 1. The number of aliphatic hydroxyl groups excluding tert-OH is 1. The predicted molar refractivity (Wildman–Crippen MR) is 86.3 cm³/mol. The van der Waals surface area contributed by atoms with Gasteiger partial charge >= 0.3 is 0 Å². The first kappa shape index (κ1) is 16.8. The number of benzene rings is 1. The Balaban J connectivity index is 2.01. The highest BCUT2D eigenvalue weighted by Crippen LogP contribution is 2.21. The molecule has 122 valence electrons. The van der Waals surface area contributed by atoms with E-state index in [9.17, 15) is 9.90 Å². The topological polar surface area (TPSA) is 53.0 Å². The first-order valence-electron chi connectivity index (χ1n) is 8.07. The van der Waals surface area contributed by atoms with Gasteiger partial charge in [0.1, 0.15) is 5.75 Å². The van der Waals surface area contributed by atoms with Crippen molar-refractivity contribution in [1.29, 1.82) is 0 Å². The van der Waals surface area contributed by atoms with Gasteiger partial charge in [0.2, 0.25) is 0 Å². The van der Waals surface area contributed by atoms with Gasteiger partial charge in [-0.2, -0.15) is 0 Å². The third kappa shape index (κ3) is 3.78. The second-order valence-corrected chi connectivity index (χ2v) is 5.50. The van der Waals surface area contributed by atoms with Gasteiger partial charge in [-0.05, 0) is 25.5 Å². The van der Waals surface area contributed by atoms with E-state index < -0.39 is 0 Å². The summed E-state index contributed by atoms with van der Waals surface area (Å²) in [5.74, 6) is 0.681. The highest BCUT2D eigenvalue weighted by atomic mass is 16.5. The summed E-state index contributed by atoms with van der Waals surface area (Å²) in [6.07, 6.45) is 0.928. The molecule has 0 aliphatic carbocycles. The third-order valence-corrected chi connectivity index (χ3v) is 4.22. The number of rotatable bonds is 6. The predicted octanol–water partition coefficient (Wildman–Crippen LogP) is 1.61. The maximum atomic E-state index is 12.7. The van der Waals surface area contributed by atoms with Crippen molar-refractivity contribution in [2.75, 3.05) is 39.4 Å². The van der Waals surface area contributed by atoms with Crippen molar-refractivity contribution in [3.8, 4) is 5.75 Å². The van der Waals surface area contributed by atoms with Crippen LogP contribution < -0.4 is 4.74 Å². The van der Waals surface area contributed by atoms with Gasteiger partial charge in [0.05, 0.1) is 18.8 Å². The molecule has 1 unspecified atom stereocenters. The van der Waals surface area contributed by atoms with Crippen molar-refractivity contribution >= 4 is 5.91 Å². The van der Waals surface area contributed by atoms with Crippen LogP contribution in [0.25, 0.3) is 0 Å². The van der Waals surface area contributed by atoms with E-state index in [-0.39, 0.29) is 18.6 Å². The van der Waals surface area contributed by atoms with E-state index in [0.29, 0.717) is 31.0 Å². The fraction of sp³-hybridized carbons (Fsp3) is 0.588. The molecule has 1 aliphatic heterocycles. The molecule has 1 heterocycles. The van der Waals surface area contributed by atoms with Gasteiger partial charge in [0.15, 0.2) is 0 Å². The highest BCUT2D eigenvalue weighted by Gasteiger charge is 2.26. The van der Waals surface area contributed by atoms with Crippen LogP contribution >= 0.6 is 0 Å². The molecular weight excluding hydrogens is 280 g/mol. The number of hydrogen-bond acceptors (Lipinski definition) is 4. The molecule has 1 amide bonds.